The van der Waals surface area contributed by atoms with E-state index in [1.54, 1.807) is 14.2 Å². The molecule has 1 fully saturated rings. The molecular weight excluding hydrogens is 294 g/mol. The van der Waals surface area contributed by atoms with Gasteiger partial charge in [-0.3, -0.25) is 0 Å². The zero-order valence-electron chi connectivity index (χ0n) is 11.2. The maximum atomic E-state index is 5.46. The van der Waals surface area contributed by atoms with Crippen LogP contribution in [0.4, 0.5) is 0 Å². The van der Waals surface area contributed by atoms with E-state index in [9.17, 15) is 0 Å². The van der Waals surface area contributed by atoms with Crippen LogP contribution >= 0.6 is 15.9 Å². The molecule has 1 aromatic rings. The fraction of sp³-hybridized carbons (Fsp3) is 0.571. The van der Waals surface area contributed by atoms with Crippen LogP contribution in [-0.2, 0) is 6.42 Å². The van der Waals surface area contributed by atoms with E-state index in [4.69, 9.17) is 9.47 Å². The average molecular weight is 314 g/mol. The molecule has 0 aromatic heterocycles. The van der Waals surface area contributed by atoms with Gasteiger partial charge in [0, 0.05) is 10.5 Å². The fourth-order valence-corrected chi connectivity index (χ4v) is 3.27. The summed E-state index contributed by atoms with van der Waals surface area (Å²) in [7, 11) is 3.36. The number of methoxy groups -OCH3 is 2. The van der Waals surface area contributed by atoms with E-state index in [1.165, 1.54) is 18.4 Å². The van der Waals surface area contributed by atoms with Crippen LogP contribution < -0.4 is 14.8 Å². The van der Waals surface area contributed by atoms with E-state index < -0.39 is 0 Å². The second kappa shape index (κ2) is 5.93. The summed E-state index contributed by atoms with van der Waals surface area (Å²) in [5.74, 6) is 1.62. The van der Waals surface area contributed by atoms with E-state index in [-0.39, 0.29) is 0 Å². The first-order valence-electron chi connectivity index (χ1n) is 6.30. The molecule has 4 heteroatoms. The zero-order chi connectivity index (χ0) is 13.1. The summed E-state index contributed by atoms with van der Waals surface area (Å²) in [6.07, 6.45) is 3.56. The summed E-state index contributed by atoms with van der Waals surface area (Å²) in [4.78, 5) is 0. The van der Waals surface area contributed by atoms with Crippen molar-refractivity contribution in [2.45, 2.75) is 32.2 Å². The Labute approximate surface area is 117 Å². The maximum Gasteiger partial charge on any atom is 0.163 e. The van der Waals surface area contributed by atoms with E-state index in [2.05, 4.69) is 28.2 Å². The lowest BCUT2D eigenvalue weighted by Gasteiger charge is -2.18. The van der Waals surface area contributed by atoms with Gasteiger partial charge in [0.2, 0.25) is 0 Å². The van der Waals surface area contributed by atoms with Crippen LogP contribution in [0.2, 0.25) is 0 Å². The second-order valence-electron chi connectivity index (χ2n) is 4.69. The number of benzene rings is 1. The Morgan fingerprint density at radius 2 is 2.17 bits per heavy atom. The summed E-state index contributed by atoms with van der Waals surface area (Å²) in [6.45, 7) is 3.23. The summed E-state index contributed by atoms with van der Waals surface area (Å²) < 4.78 is 11.9. The van der Waals surface area contributed by atoms with Gasteiger partial charge in [-0.05, 0) is 49.9 Å². The third kappa shape index (κ3) is 2.64. The molecule has 1 N–H and O–H groups in total. The zero-order valence-corrected chi connectivity index (χ0v) is 12.8. The van der Waals surface area contributed by atoms with Crippen molar-refractivity contribution in [2.75, 3.05) is 20.8 Å². The Morgan fingerprint density at radius 3 is 2.72 bits per heavy atom. The lowest BCUT2D eigenvalue weighted by atomic mass is 9.99. The van der Waals surface area contributed by atoms with Crippen LogP contribution in [0.15, 0.2) is 10.5 Å². The van der Waals surface area contributed by atoms with Gasteiger partial charge in [0.05, 0.1) is 14.2 Å². The van der Waals surface area contributed by atoms with Crippen molar-refractivity contribution < 1.29 is 9.47 Å². The third-order valence-electron chi connectivity index (χ3n) is 3.60. The van der Waals surface area contributed by atoms with Crippen molar-refractivity contribution in [1.82, 2.24) is 5.32 Å². The molecule has 2 rings (SSSR count). The van der Waals surface area contributed by atoms with Gasteiger partial charge in [0.25, 0.3) is 0 Å². The van der Waals surface area contributed by atoms with Crippen molar-refractivity contribution in [3.8, 4) is 11.5 Å². The molecule has 1 aliphatic heterocycles. The minimum Gasteiger partial charge on any atom is -0.493 e. The van der Waals surface area contributed by atoms with Crippen molar-refractivity contribution in [3.63, 3.8) is 0 Å². The first kappa shape index (κ1) is 13.7. The van der Waals surface area contributed by atoms with Gasteiger partial charge in [-0.1, -0.05) is 15.9 Å². The number of halogens is 1. The summed E-state index contributed by atoms with van der Waals surface area (Å²) >= 11 is 3.65. The van der Waals surface area contributed by atoms with Crippen LogP contribution in [0.3, 0.4) is 0 Å². The maximum absolute atomic E-state index is 5.46. The van der Waals surface area contributed by atoms with E-state index in [0.29, 0.717) is 6.04 Å². The van der Waals surface area contributed by atoms with Gasteiger partial charge in [-0.2, -0.15) is 0 Å². The minimum atomic E-state index is 0.582. The molecule has 1 atom stereocenters. The number of nitrogens with one attached hydrogen (secondary N) is 1. The molecule has 18 heavy (non-hydrogen) atoms. The van der Waals surface area contributed by atoms with Gasteiger partial charge in [0.1, 0.15) is 0 Å². The normalized spacial score (nSPS) is 19.0. The highest BCUT2D eigenvalue weighted by atomic mass is 79.9. The molecular formula is C14H20BrNO2. The van der Waals surface area contributed by atoms with Crippen LogP contribution in [0, 0.1) is 6.92 Å². The molecule has 1 unspecified atom stereocenters. The van der Waals surface area contributed by atoms with E-state index >= 15 is 0 Å². The highest BCUT2D eigenvalue weighted by Gasteiger charge is 2.20. The average Bonchev–Trinajstić information content (AvgIpc) is 2.86. The third-order valence-corrected chi connectivity index (χ3v) is 4.31. The first-order chi connectivity index (χ1) is 8.67. The van der Waals surface area contributed by atoms with Gasteiger partial charge in [-0.25, -0.2) is 0 Å². The Balaban J connectivity index is 2.33. The van der Waals surface area contributed by atoms with Crippen LogP contribution in [0.5, 0.6) is 11.5 Å². The molecule has 0 radical (unpaired) electrons. The Bertz CT molecular complexity index is 428. The molecule has 0 bridgehead atoms. The van der Waals surface area contributed by atoms with Crippen molar-refractivity contribution in [3.05, 3.63) is 21.7 Å². The van der Waals surface area contributed by atoms with Crippen molar-refractivity contribution >= 4 is 15.9 Å². The van der Waals surface area contributed by atoms with Gasteiger partial charge in [-0.15, -0.1) is 0 Å². The lowest BCUT2D eigenvalue weighted by molar-refractivity contribution is 0.352. The second-order valence-corrected chi connectivity index (χ2v) is 5.55. The molecule has 1 saturated heterocycles. The molecule has 3 nitrogen and oxygen atoms in total. The predicted molar refractivity (Wildman–Crippen MR) is 76.7 cm³/mol. The Kier molecular flexibility index (Phi) is 4.51. The first-order valence-corrected chi connectivity index (χ1v) is 7.10. The van der Waals surface area contributed by atoms with Crippen LogP contribution in [-0.4, -0.2) is 26.8 Å². The van der Waals surface area contributed by atoms with Crippen LogP contribution in [0.1, 0.15) is 24.0 Å². The van der Waals surface area contributed by atoms with Gasteiger partial charge < -0.3 is 14.8 Å². The Morgan fingerprint density at radius 1 is 1.39 bits per heavy atom. The molecule has 1 heterocycles. The molecule has 0 amide bonds. The molecule has 0 aliphatic carbocycles. The SMILES string of the molecule is COc1cc(Br)c(CC2CCCN2)c(C)c1OC. The molecule has 0 saturated carbocycles. The highest BCUT2D eigenvalue weighted by molar-refractivity contribution is 9.10. The van der Waals surface area contributed by atoms with E-state index in [1.807, 2.05) is 6.07 Å². The molecule has 0 spiro atoms. The molecule has 1 aromatic carbocycles. The number of rotatable bonds is 4. The fourth-order valence-electron chi connectivity index (χ4n) is 2.60. The van der Waals surface area contributed by atoms with Crippen molar-refractivity contribution in [1.29, 1.82) is 0 Å². The van der Waals surface area contributed by atoms with Gasteiger partial charge >= 0.3 is 0 Å². The van der Waals surface area contributed by atoms with Crippen molar-refractivity contribution in [2.24, 2.45) is 0 Å². The predicted octanol–water partition coefficient (Wildman–Crippen LogP) is 3.07. The largest absolute Gasteiger partial charge is 0.493 e. The topological polar surface area (TPSA) is 30.5 Å². The summed E-state index contributed by atoms with van der Waals surface area (Å²) in [5.41, 5.74) is 2.48. The van der Waals surface area contributed by atoms with Crippen LogP contribution in [0.25, 0.3) is 0 Å². The summed E-state index contributed by atoms with van der Waals surface area (Å²) in [6, 6.07) is 2.58. The summed E-state index contributed by atoms with van der Waals surface area (Å²) in [5, 5.41) is 3.53. The number of ether oxygens (including phenoxy) is 2. The minimum absolute atomic E-state index is 0.582. The number of hydrogen-bond acceptors (Lipinski definition) is 3. The highest BCUT2D eigenvalue weighted by Crippen LogP contribution is 2.38. The smallest absolute Gasteiger partial charge is 0.163 e. The standard InChI is InChI=1S/C14H20BrNO2/c1-9-11(7-10-5-4-6-16-10)12(15)8-13(17-2)14(9)18-3/h8,10,16H,4-7H2,1-3H3. The quantitative estimate of drug-likeness (QED) is 0.926. The Hall–Kier alpha value is -0.740. The molecule has 1 aliphatic rings. The lowest BCUT2D eigenvalue weighted by Crippen LogP contribution is -2.24. The number of hydrogen-bond donors (Lipinski definition) is 1. The van der Waals surface area contributed by atoms with Gasteiger partial charge in [0.15, 0.2) is 11.5 Å². The van der Waals surface area contributed by atoms with E-state index in [0.717, 1.165) is 34.5 Å². The monoisotopic (exact) mass is 313 g/mol. The molecule has 100 valence electrons.